The van der Waals surface area contributed by atoms with Crippen molar-refractivity contribution in [2.24, 2.45) is 23.2 Å². The van der Waals surface area contributed by atoms with Gasteiger partial charge >= 0.3 is 0 Å². The molecule has 1 aromatic carbocycles. The number of carbonyl (C=O) groups excluding carboxylic acids is 1. The van der Waals surface area contributed by atoms with Crippen LogP contribution in [0.3, 0.4) is 0 Å². The molecule has 0 atom stereocenters. The Kier molecular flexibility index (Phi) is 2.97. The summed E-state index contributed by atoms with van der Waals surface area (Å²) < 4.78 is 0. The van der Waals surface area contributed by atoms with Crippen LogP contribution in [0.25, 0.3) is 0 Å². The second kappa shape index (κ2) is 4.64. The molecule has 1 amide bonds. The summed E-state index contributed by atoms with van der Waals surface area (Å²) in [5, 5.41) is 3.62. The summed E-state index contributed by atoms with van der Waals surface area (Å²) in [6.07, 6.45) is 7.27. The van der Waals surface area contributed by atoms with E-state index in [1.165, 1.54) is 19.3 Å². The second-order valence-corrected chi connectivity index (χ2v) is 7.80. The van der Waals surface area contributed by atoms with E-state index in [9.17, 15) is 4.79 Å². The Labute approximate surface area is 130 Å². The predicted octanol–water partition coefficient (Wildman–Crippen LogP) is 4.08. The standard InChI is InChI=1S/C17H21ClN2O/c18-14-2-1-13(6-15(14)19)20-16(21)17-7-10-3-11(8-17)5-12(4-10)9-17/h1-2,6,10-12H,3-5,7-9,19H2,(H,20,21). The average molecular weight is 305 g/mol. The van der Waals surface area contributed by atoms with Crippen molar-refractivity contribution >= 4 is 28.9 Å². The van der Waals surface area contributed by atoms with Crippen molar-refractivity contribution < 1.29 is 4.79 Å². The first kappa shape index (κ1) is 13.4. The lowest BCUT2D eigenvalue weighted by atomic mass is 9.49. The van der Waals surface area contributed by atoms with Gasteiger partial charge in [-0.15, -0.1) is 0 Å². The van der Waals surface area contributed by atoms with Crippen molar-refractivity contribution in [3.8, 4) is 0 Å². The molecule has 0 spiro atoms. The normalized spacial score (nSPS) is 36.7. The fourth-order valence-electron chi connectivity index (χ4n) is 5.27. The molecule has 0 unspecified atom stereocenters. The minimum absolute atomic E-state index is 0.122. The lowest BCUT2D eigenvalue weighted by Gasteiger charge is -2.55. The molecule has 21 heavy (non-hydrogen) atoms. The summed E-state index contributed by atoms with van der Waals surface area (Å²) in [6, 6.07) is 5.32. The fourth-order valence-corrected chi connectivity index (χ4v) is 5.39. The molecule has 0 saturated heterocycles. The van der Waals surface area contributed by atoms with Gasteiger partial charge in [0.25, 0.3) is 0 Å². The Morgan fingerprint density at radius 2 is 1.71 bits per heavy atom. The third-order valence-corrected chi connectivity index (χ3v) is 6.12. The predicted molar refractivity (Wildman–Crippen MR) is 85.1 cm³/mol. The number of hydrogen-bond acceptors (Lipinski definition) is 2. The molecule has 4 aliphatic rings. The smallest absolute Gasteiger partial charge is 0.230 e. The molecule has 4 aliphatic carbocycles. The van der Waals surface area contributed by atoms with Gasteiger partial charge in [0.15, 0.2) is 0 Å². The molecule has 0 aromatic heterocycles. The highest BCUT2D eigenvalue weighted by Gasteiger charge is 2.54. The van der Waals surface area contributed by atoms with Crippen molar-refractivity contribution in [2.75, 3.05) is 11.1 Å². The van der Waals surface area contributed by atoms with E-state index in [2.05, 4.69) is 5.32 Å². The first-order chi connectivity index (χ1) is 10.0. The number of nitrogens with two attached hydrogens (primary N) is 1. The molecule has 3 N–H and O–H groups in total. The van der Waals surface area contributed by atoms with E-state index >= 15 is 0 Å². The third kappa shape index (κ3) is 2.22. The molecule has 112 valence electrons. The Balaban J connectivity index is 1.56. The highest BCUT2D eigenvalue weighted by Crippen LogP contribution is 2.60. The summed E-state index contributed by atoms with van der Waals surface area (Å²) in [7, 11) is 0. The quantitative estimate of drug-likeness (QED) is 0.809. The number of carbonyl (C=O) groups is 1. The third-order valence-electron chi connectivity index (χ3n) is 5.77. The van der Waals surface area contributed by atoms with E-state index in [1.807, 2.05) is 6.07 Å². The maximum Gasteiger partial charge on any atom is 0.230 e. The van der Waals surface area contributed by atoms with Gasteiger partial charge < -0.3 is 11.1 Å². The van der Waals surface area contributed by atoms with Crippen LogP contribution in [0.15, 0.2) is 18.2 Å². The van der Waals surface area contributed by atoms with E-state index < -0.39 is 0 Å². The van der Waals surface area contributed by atoms with Crippen molar-refractivity contribution in [1.29, 1.82) is 0 Å². The molecular weight excluding hydrogens is 284 g/mol. The maximum absolute atomic E-state index is 12.9. The number of benzene rings is 1. The lowest BCUT2D eigenvalue weighted by molar-refractivity contribution is -0.140. The highest BCUT2D eigenvalue weighted by atomic mass is 35.5. The van der Waals surface area contributed by atoms with E-state index in [0.717, 1.165) is 42.7 Å². The van der Waals surface area contributed by atoms with E-state index in [-0.39, 0.29) is 11.3 Å². The minimum Gasteiger partial charge on any atom is -0.397 e. The zero-order valence-electron chi connectivity index (χ0n) is 12.1. The zero-order chi connectivity index (χ0) is 14.6. The van der Waals surface area contributed by atoms with Gasteiger partial charge in [-0.1, -0.05) is 11.6 Å². The number of amides is 1. The largest absolute Gasteiger partial charge is 0.397 e. The first-order valence-corrected chi connectivity index (χ1v) is 8.28. The number of hydrogen-bond donors (Lipinski definition) is 2. The van der Waals surface area contributed by atoms with Gasteiger partial charge in [-0.3, -0.25) is 4.79 Å². The minimum atomic E-state index is -0.122. The Hall–Kier alpha value is -1.22. The van der Waals surface area contributed by atoms with Crippen molar-refractivity contribution in [3.63, 3.8) is 0 Å². The van der Waals surface area contributed by atoms with Crippen LogP contribution in [0.2, 0.25) is 5.02 Å². The van der Waals surface area contributed by atoms with Crippen LogP contribution < -0.4 is 11.1 Å². The van der Waals surface area contributed by atoms with Crippen molar-refractivity contribution in [1.82, 2.24) is 0 Å². The molecule has 4 bridgehead atoms. The monoisotopic (exact) mass is 304 g/mol. The van der Waals surface area contributed by atoms with Crippen LogP contribution in [0.5, 0.6) is 0 Å². The van der Waals surface area contributed by atoms with Crippen LogP contribution in [0, 0.1) is 23.2 Å². The Morgan fingerprint density at radius 3 is 2.24 bits per heavy atom. The van der Waals surface area contributed by atoms with Crippen LogP contribution >= 0.6 is 11.6 Å². The average Bonchev–Trinajstić information content (AvgIpc) is 2.41. The number of nitrogens with one attached hydrogen (secondary N) is 1. The Bertz CT molecular complexity index is 563. The first-order valence-electron chi connectivity index (χ1n) is 7.90. The van der Waals surface area contributed by atoms with E-state index in [1.54, 1.807) is 12.1 Å². The summed E-state index contributed by atoms with van der Waals surface area (Å²) >= 11 is 5.94. The van der Waals surface area contributed by atoms with Gasteiger partial charge in [-0.05, 0) is 74.5 Å². The van der Waals surface area contributed by atoms with Gasteiger partial charge in [-0.25, -0.2) is 0 Å². The molecular formula is C17H21ClN2O. The number of anilines is 2. The summed E-state index contributed by atoms with van der Waals surface area (Å²) in [5.41, 5.74) is 6.97. The molecule has 1 aromatic rings. The van der Waals surface area contributed by atoms with Crippen LogP contribution in [0.1, 0.15) is 38.5 Å². The van der Waals surface area contributed by atoms with Crippen molar-refractivity contribution in [2.45, 2.75) is 38.5 Å². The molecule has 4 heteroatoms. The second-order valence-electron chi connectivity index (χ2n) is 7.39. The molecule has 4 saturated carbocycles. The van der Waals surface area contributed by atoms with Gasteiger partial charge in [0.05, 0.1) is 16.1 Å². The van der Waals surface area contributed by atoms with Crippen LogP contribution in [-0.2, 0) is 4.79 Å². The highest BCUT2D eigenvalue weighted by molar-refractivity contribution is 6.33. The number of nitrogen functional groups attached to an aromatic ring is 1. The maximum atomic E-state index is 12.9. The van der Waals surface area contributed by atoms with Crippen molar-refractivity contribution in [3.05, 3.63) is 23.2 Å². The van der Waals surface area contributed by atoms with Crippen LogP contribution in [0.4, 0.5) is 11.4 Å². The Morgan fingerprint density at radius 1 is 1.14 bits per heavy atom. The van der Waals surface area contributed by atoms with E-state index in [0.29, 0.717) is 10.7 Å². The lowest BCUT2D eigenvalue weighted by Crippen LogP contribution is -2.51. The summed E-state index contributed by atoms with van der Waals surface area (Å²) in [5.74, 6) is 2.52. The molecule has 0 aliphatic heterocycles. The van der Waals surface area contributed by atoms with Gasteiger partial charge in [0, 0.05) is 5.69 Å². The number of rotatable bonds is 2. The SMILES string of the molecule is Nc1cc(NC(=O)C23CC4CC(CC(C4)C2)C3)ccc1Cl. The molecule has 5 rings (SSSR count). The molecule has 4 fully saturated rings. The summed E-state index contributed by atoms with van der Waals surface area (Å²) in [4.78, 5) is 12.9. The summed E-state index contributed by atoms with van der Waals surface area (Å²) in [6.45, 7) is 0. The van der Waals surface area contributed by atoms with Gasteiger partial charge in [-0.2, -0.15) is 0 Å². The number of halogens is 1. The fraction of sp³-hybridized carbons (Fsp3) is 0.588. The van der Waals surface area contributed by atoms with Gasteiger partial charge in [0.2, 0.25) is 5.91 Å². The molecule has 0 radical (unpaired) electrons. The zero-order valence-corrected chi connectivity index (χ0v) is 12.8. The molecule has 3 nitrogen and oxygen atoms in total. The topological polar surface area (TPSA) is 55.1 Å². The molecule has 0 heterocycles. The van der Waals surface area contributed by atoms with E-state index in [4.69, 9.17) is 17.3 Å². The van der Waals surface area contributed by atoms with Crippen LogP contribution in [-0.4, -0.2) is 5.91 Å². The van der Waals surface area contributed by atoms with Gasteiger partial charge in [0.1, 0.15) is 0 Å².